The molecule has 1 spiro atoms. The van der Waals surface area contributed by atoms with Crippen LogP contribution in [-0.4, -0.2) is 36.4 Å². The summed E-state index contributed by atoms with van der Waals surface area (Å²) in [7, 11) is 0. The van der Waals surface area contributed by atoms with E-state index < -0.39 is 5.79 Å². The molecule has 0 radical (unpaired) electrons. The van der Waals surface area contributed by atoms with Gasteiger partial charge in [-0.05, 0) is 25.1 Å². The van der Waals surface area contributed by atoms with Crippen molar-refractivity contribution >= 4 is 6.03 Å². The Morgan fingerprint density at radius 3 is 2.90 bits per heavy atom. The van der Waals surface area contributed by atoms with Crippen molar-refractivity contribution in [2.75, 3.05) is 19.6 Å². The standard InChI is InChI=1S/C15H19FN2O3/c1-2-17-14(19)18-7-5-15(6-8-18)20-10-11-9-12(16)3-4-13(11)21-15/h3-4,9H,2,5-8,10H2,1H3,(H,17,19). The summed E-state index contributed by atoms with van der Waals surface area (Å²) in [6.07, 6.45) is 1.22. The highest BCUT2D eigenvalue weighted by Crippen LogP contribution is 2.37. The molecule has 6 heteroatoms. The number of piperidine rings is 1. The zero-order chi connectivity index (χ0) is 14.9. The Hall–Kier alpha value is -1.82. The predicted molar refractivity (Wildman–Crippen MR) is 74.4 cm³/mol. The molecular weight excluding hydrogens is 275 g/mol. The van der Waals surface area contributed by atoms with Crippen molar-refractivity contribution in [1.29, 1.82) is 0 Å². The van der Waals surface area contributed by atoms with Crippen LogP contribution in [0.25, 0.3) is 0 Å². The highest BCUT2D eigenvalue weighted by Gasteiger charge is 2.41. The lowest BCUT2D eigenvalue weighted by Crippen LogP contribution is -2.54. The number of carbonyl (C=O) groups excluding carboxylic acids is 1. The van der Waals surface area contributed by atoms with Gasteiger partial charge in [0.15, 0.2) is 0 Å². The number of nitrogens with one attached hydrogen (secondary N) is 1. The number of amides is 2. The Morgan fingerprint density at radius 1 is 1.43 bits per heavy atom. The summed E-state index contributed by atoms with van der Waals surface area (Å²) in [6.45, 7) is 4.03. The molecule has 1 saturated heterocycles. The van der Waals surface area contributed by atoms with Crippen LogP contribution in [0.5, 0.6) is 5.75 Å². The first kappa shape index (κ1) is 14.1. The lowest BCUT2D eigenvalue weighted by molar-refractivity contribution is -0.225. The molecule has 0 aromatic heterocycles. The summed E-state index contributed by atoms with van der Waals surface area (Å²) in [5, 5.41) is 2.79. The third-order valence-corrected chi connectivity index (χ3v) is 3.95. The molecule has 2 aliphatic heterocycles. The second-order valence-electron chi connectivity index (χ2n) is 5.38. The van der Waals surface area contributed by atoms with Crippen molar-refractivity contribution in [2.45, 2.75) is 32.2 Å². The smallest absolute Gasteiger partial charge is 0.317 e. The third-order valence-electron chi connectivity index (χ3n) is 3.95. The number of benzene rings is 1. The van der Waals surface area contributed by atoms with Crippen molar-refractivity contribution in [3.8, 4) is 5.75 Å². The predicted octanol–water partition coefficient (Wildman–Crippen LogP) is 2.26. The Bertz CT molecular complexity index is 542. The fourth-order valence-corrected chi connectivity index (χ4v) is 2.76. The van der Waals surface area contributed by atoms with Crippen LogP contribution in [0, 0.1) is 5.82 Å². The summed E-state index contributed by atoms with van der Waals surface area (Å²) in [5.74, 6) is -0.301. The number of rotatable bonds is 1. The Labute approximate surface area is 123 Å². The van der Waals surface area contributed by atoms with E-state index in [2.05, 4.69) is 5.32 Å². The van der Waals surface area contributed by atoms with Gasteiger partial charge in [-0.25, -0.2) is 9.18 Å². The van der Waals surface area contributed by atoms with E-state index in [1.165, 1.54) is 12.1 Å². The number of fused-ring (bicyclic) bond motifs is 1. The van der Waals surface area contributed by atoms with Crippen molar-refractivity contribution in [1.82, 2.24) is 10.2 Å². The molecule has 1 aromatic rings. The number of nitrogens with zero attached hydrogens (tertiary/aromatic N) is 1. The minimum atomic E-state index is -0.687. The van der Waals surface area contributed by atoms with Crippen LogP contribution in [0.1, 0.15) is 25.3 Å². The Balaban J connectivity index is 1.66. The van der Waals surface area contributed by atoms with Gasteiger partial charge >= 0.3 is 6.03 Å². The van der Waals surface area contributed by atoms with E-state index in [0.717, 1.165) is 5.56 Å². The zero-order valence-corrected chi connectivity index (χ0v) is 12.0. The van der Waals surface area contributed by atoms with Crippen LogP contribution in [0.3, 0.4) is 0 Å². The number of hydrogen-bond donors (Lipinski definition) is 1. The first-order valence-electron chi connectivity index (χ1n) is 7.26. The largest absolute Gasteiger partial charge is 0.462 e. The van der Waals surface area contributed by atoms with Gasteiger partial charge in [0, 0.05) is 38.0 Å². The van der Waals surface area contributed by atoms with Gasteiger partial charge in [0.05, 0.1) is 6.61 Å². The van der Waals surface area contributed by atoms with Gasteiger partial charge in [-0.1, -0.05) is 0 Å². The molecule has 21 heavy (non-hydrogen) atoms. The number of likely N-dealkylation sites (tertiary alicyclic amines) is 1. The van der Waals surface area contributed by atoms with E-state index in [1.54, 1.807) is 11.0 Å². The third kappa shape index (κ3) is 2.81. The molecule has 0 bridgehead atoms. The SMILES string of the molecule is CCNC(=O)N1CCC2(CC1)OCc1cc(F)ccc1O2. The quantitative estimate of drug-likeness (QED) is 0.864. The monoisotopic (exact) mass is 294 g/mol. The maximum Gasteiger partial charge on any atom is 0.317 e. The highest BCUT2D eigenvalue weighted by atomic mass is 19.1. The van der Waals surface area contributed by atoms with E-state index in [9.17, 15) is 9.18 Å². The molecule has 5 nitrogen and oxygen atoms in total. The normalized spacial score (nSPS) is 19.8. The van der Waals surface area contributed by atoms with E-state index in [4.69, 9.17) is 9.47 Å². The molecule has 1 fully saturated rings. The topological polar surface area (TPSA) is 50.8 Å². The number of urea groups is 1. The minimum absolute atomic E-state index is 0.0503. The van der Waals surface area contributed by atoms with E-state index in [0.29, 0.717) is 44.8 Å². The van der Waals surface area contributed by atoms with Crippen LogP contribution in [0.2, 0.25) is 0 Å². The Kier molecular flexibility index (Phi) is 3.71. The summed E-state index contributed by atoms with van der Waals surface area (Å²) >= 11 is 0. The van der Waals surface area contributed by atoms with E-state index in [1.807, 2.05) is 6.92 Å². The number of ether oxygens (including phenoxy) is 2. The summed E-state index contributed by atoms with van der Waals surface area (Å²) in [4.78, 5) is 13.6. The molecular formula is C15H19FN2O3. The molecule has 2 aliphatic rings. The zero-order valence-electron chi connectivity index (χ0n) is 12.0. The molecule has 1 aromatic carbocycles. The van der Waals surface area contributed by atoms with Gasteiger partial charge in [-0.3, -0.25) is 0 Å². The molecule has 1 N–H and O–H groups in total. The fraction of sp³-hybridized carbons (Fsp3) is 0.533. The van der Waals surface area contributed by atoms with E-state index >= 15 is 0 Å². The van der Waals surface area contributed by atoms with Crippen LogP contribution in [0.4, 0.5) is 9.18 Å². The fourth-order valence-electron chi connectivity index (χ4n) is 2.76. The molecule has 0 saturated carbocycles. The molecule has 0 unspecified atom stereocenters. The van der Waals surface area contributed by atoms with E-state index in [-0.39, 0.29) is 11.8 Å². The van der Waals surface area contributed by atoms with Crippen LogP contribution < -0.4 is 10.1 Å². The van der Waals surface area contributed by atoms with Crippen molar-refractivity contribution in [3.63, 3.8) is 0 Å². The lowest BCUT2D eigenvalue weighted by atomic mass is 10.0. The molecule has 0 atom stereocenters. The van der Waals surface area contributed by atoms with Gasteiger partial charge in [0.25, 0.3) is 0 Å². The molecule has 2 heterocycles. The van der Waals surface area contributed by atoms with Gasteiger partial charge in [0.1, 0.15) is 11.6 Å². The van der Waals surface area contributed by atoms with Gasteiger partial charge in [-0.15, -0.1) is 0 Å². The second kappa shape index (κ2) is 5.52. The van der Waals surface area contributed by atoms with Crippen molar-refractivity contribution in [3.05, 3.63) is 29.6 Å². The molecule has 3 rings (SSSR count). The highest BCUT2D eigenvalue weighted by molar-refractivity contribution is 5.74. The maximum atomic E-state index is 13.2. The molecule has 2 amide bonds. The first-order chi connectivity index (χ1) is 10.1. The minimum Gasteiger partial charge on any atom is -0.462 e. The van der Waals surface area contributed by atoms with Gasteiger partial charge < -0.3 is 19.7 Å². The maximum absolute atomic E-state index is 13.2. The van der Waals surface area contributed by atoms with Crippen molar-refractivity contribution < 1.29 is 18.7 Å². The molecule has 0 aliphatic carbocycles. The Morgan fingerprint density at radius 2 is 2.19 bits per heavy atom. The van der Waals surface area contributed by atoms with Crippen molar-refractivity contribution in [2.24, 2.45) is 0 Å². The number of carbonyl (C=O) groups is 1. The summed E-state index contributed by atoms with van der Waals surface area (Å²) in [6, 6.07) is 4.42. The molecule has 114 valence electrons. The summed E-state index contributed by atoms with van der Waals surface area (Å²) in [5.41, 5.74) is 0.729. The average Bonchev–Trinajstić information content (AvgIpc) is 2.49. The van der Waals surface area contributed by atoms with Gasteiger partial charge in [0.2, 0.25) is 5.79 Å². The lowest BCUT2D eigenvalue weighted by Gasteiger charge is -2.43. The van der Waals surface area contributed by atoms with Crippen LogP contribution in [0.15, 0.2) is 18.2 Å². The summed E-state index contributed by atoms with van der Waals surface area (Å²) < 4.78 is 25.0. The van der Waals surface area contributed by atoms with Crippen LogP contribution >= 0.6 is 0 Å². The number of halogens is 1. The average molecular weight is 294 g/mol. The van der Waals surface area contributed by atoms with Gasteiger partial charge in [-0.2, -0.15) is 0 Å². The van der Waals surface area contributed by atoms with Crippen LogP contribution in [-0.2, 0) is 11.3 Å². The first-order valence-corrected chi connectivity index (χ1v) is 7.26. The number of hydrogen-bond acceptors (Lipinski definition) is 3. The second-order valence-corrected chi connectivity index (χ2v) is 5.38.